The number of amides is 1. The van der Waals surface area contributed by atoms with Crippen LogP contribution in [-0.2, 0) is 16.4 Å². The largest absolute Gasteiger partial charge is 0.322 e. The third-order valence-electron chi connectivity index (χ3n) is 4.26. The summed E-state index contributed by atoms with van der Waals surface area (Å²) in [5.74, 6) is -0.337. The van der Waals surface area contributed by atoms with E-state index in [0.29, 0.717) is 16.8 Å². The molecule has 2 N–H and O–H groups in total. The zero-order chi connectivity index (χ0) is 21.8. The minimum absolute atomic E-state index is 0.0715. The molecule has 0 fully saturated rings. The second-order valence-corrected chi connectivity index (χ2v) is 10.2. The fraction of sp³-hybridized carbons (Fsp3) is 0.409. The molecule has 0 heterocycles. The number of anilines is 1. The van der Waals surface area contributed by atoms with Gasteiger partial charge in [0, 0.05) is 23.3 Å². The Morgan fingerprint density at radius 1 is 1.03 bits per heavy atom. The van der Waals surface area contributed by atoms with Crippen molar-refractivity contribution in [3.8, 4) is 0 Å². The molecule has 158 valence electrons. The normalized spacial score (nSPS) is 12.2. The molecule has 0 radical (unpaired) electrons. The quantitative estimate of drug-likeness (QED) is 0.723. The van der Waals surface area contributed by atoms with Crippen LogP contribution in [0.25, 0.3) is 0 Å². The van der Waals surface area contributed by atoms with Crippen molar-refractivity contribution in [3.63, 3.8) is 0 Å². The van der Waals surface area contributed by atoms with Gasteiger partial charge in [-0.05, 0) is 83.6 Å². The number of hydrogen-bond acceptors (Lipinski definition) is 4. The first kappa shape index (κ1) is 23.1. The number of hydrogen-bond donors (Lipinski definition) is 2. The zero-order valence-corrected chi connectivity index (χ0v) is 18.9. The van der Waals surface area contributed by atoms with Gasteiger partial charge in [0.05, 0.1) is 4.90 Å². The number of benzene rings is 2. The number of aryl methyl sites for hydroxylation is 1. The molecule has 0 atom stereocenters. The summed E-state index contributed by atoms with van der Waals surface area (Å²) in [6, 6.07) is 12.3. The fourth-order valence-electron chi connectivity index (χ4n) is 2.78. The summed E-state index contributed by atoms with van der Waals surface area (Å²) in [5, 5.41) is 2.85. The Balaban J connectivity index is 2.19. The lowest BCUT2D eigenvalue weighted by Crippen LogP contribution is -2.40. The van der Waals surface area contributed by atoms with E-state index in [9.17, 15) is 13.2 Å². The predicted octanol–water partition coefficient (Wildman–Crippen LogP) is 3.43. The molecule has 0 saturated carbocycles. The number of nitrogens with one attached hydrogen (secondary N) is 2. The van der Waals surface area contributed by atoms with Gasteiger partial charge in [0.15, 0.2) is 0 Å². The summed E-state index contributed by atoms with van der Waals surface area (Å²) < 4.78 is 27.8. The molecule has 0 unspecified atom stereocenters. The van der Waals surface area contributed by atoms with Gasteiger partial charge in [-0.15, -0.1) is 0 Å². The van der Waals surface area contributed by atoms with Gasteiger partial charge >= 0.3 is 0 Å². The Morgan fingerprint density at radius 3 is 2.21 bits per heavy atom. The Hall–Kier alpha value is -2.22. The lowest BCUT2D eigenvalue weighted by atomic mass is 10.1. The third kappa shape index (κ3) is 6.96. The third-order valence-corrected chi connectivity index (χ3v) is 6.02. The molecule has 2 aromatic carbocycles. The topological polar surface area (TPSA) is 78.5 Å². The van der Waals surface area contributed by atoms with Crippen molar-refractivity contribution < 1.29 is 13.2 Å². The van der Waals surface area contributed by atoms with Crippen LogP contribution < -0.4 is 10.0 Å². The van der Waals surface area contributed by atoms with Gasteiger partial charge in [-0.3, -0.25) is 4.79 Å². The van der Waals surface area contributed by atoms with E-state index in [0.717, 1.165) is 13.0 Å². The number of rotatable bonds is 7. The van der Waals surface area contributed by atoms with E-state index in [1.54, 1.807) is 33.8 Å². The van der Waals surface area contributed by atoms with Gasteiger partial charge in [0.2, 0.25) is 10.0 Å². The van der Waals surface area contributed by atoms with E-state index in [2.05, 4.69) is 14.9 Å². The molecular formula is C22H31N3O3S. The number of nitrogens with zero attached hydrogens (tertiary/aromatic N) is 1. The van der Waals surface area contributed by atoms with Crippen LogP contribution in [0.5, 0.6) is 0 Å². The standard InChI is InChI=1S/C22H31N3O3S/c1-16-7-12-19(29(27,28)24-22(2,3)4)15-20(16)21(26)23-18-10-8-17(9-11-18)13-14-25(5)6/h7-12,15,24H,13-14H2,1-6H3,(H,23,26). The summed E-state index contributed by atoms with van der Waals surface area (Å²) >= 11 is 0. The monoisotopic (exact) mass is 417 g/mol. The first-order valence-electron chi connectivity index (χ1n) is 9.57. The summed E-state index contributed by atoms with van der Waals surface area (Å²) in [6.45, 7) is 8.05. The molecule has 1 amide bonds. The van der Waals surface area contributed by atoms with Gasteiger partial charge in [-0.1, -0.05) is 18.2 Å². The second-order valence-electron chi connectivity index (χ2n) is 8.54. The maximum Gasteiger partial charge on any atom is 0.255 e. The number of carbonyl (C=O) groups excluding carboxylic acids is 1. The highest BCUT2D eigenvalue weighted by Crippen LogP contribution is 2.19. The fourth-order valence-corrected chi connectivity index (χ4v) is 4.23. The molecule has 6 nitrogen and oxygen atoms in total. The molecule has 0 spiro atoms. The SMILES string of the molecule is Cc1ccc(S(=O)(=O)NC(C)(C)C)cc1C(=O)Nc1ccc(CCN(C)C)cc1. The number of sulfonamides is 1. The average molecular weight is 418 g/mol. The van der Waals surface area contributed by atoms with Crippen molar-refractivity contribution in [1.29, 1.82) is 0 Å². The van der Waals surface area contributed by atoms with E-state index in [-0.39, 0.29) is 10.8 Å². The summed E-state index contributed by atoms with van der Waals surface area (Å²) in [7, 11) is 0.343. The van der Waals surface area contributed by atoms with Crippen molar-refractivity contribution in [1.82, 2.24) is 9.62 Å². The van der Waals surface area contributed by atoms with E-state index in [4.69, 9.17) is 0 Å². The van der Waals surface area contributed by atoms with Crippen LogP contribution in [0, 0.1) is 6.92 Å². The lowest BCUT2D eigenvalue weighted by Gasteiger charge is -2.20. The average Bonchev–Trinajstić information content (AvgIpc) is 2.59. The Bertz CT molecular complexity index is 960. The van der Waals surface area contributed by atoms with Crippen molar-refractivity contribution in [2.24, 2.45) is 0 Å². The van der Waals surface area contributed by atoms with Crippen LogP contribution in [0.15, 0.2) is 47.4 Å². The van der Waals surface area contributed by atoms with Gasteiger partial charge in [-0.2, -0.15) is 0 Å². The Morgan fingerprint density at radius 2 is 1.66 bits per heavy atom. The molecule has 2 aromatic rings. The zero-order valence-electron chi connectivity index (χ0n) is 18.0. The highest BCUT2D eigenvalue weighted by molar-refractivity contribution is 7.89. The van der Waals surface area contributed by atoms with E-state index >= 15 is 0 Å². The molecule has 2 rings (SSSR count). The van der Waals surface area contributed by atoms with Crippen LogP contribution >= 0.6 is 0 Å². The number of likely N-dealkylation sites (N-methyl/N-ethyl adjacent to an activating group) is 1. The van der Waals surface area contributed by atoms with Crippen LogP contribution in [0.3, 0.4) is 0 Å². The maximum atomic E-state index is 12.8. The minimum Gasteiger partial charge on any atom is -0.322 e. The maximum absolute atomic E-state index is 12.8. The Kier molecular flexibility index (Phi) is 7.21. The molecule has 29 heavy (non-hydrogen) atoms. The lowest BCUT2D eigenvalue weighted by molar-refractivity contribution is 0.102. The molecular weight excluding hydrogens is 386 g/mol. The molecule has 0 aliphatic carbocycles. The molecule has 0 saturated heterocycles. The minimum atomic E-state index is -3.72. The van der Waals surface area contributed by atoms with Crippen LogP contribution in [-0.4, -0.2) is 45.4 Å². The highest BCUT2D eigenvalue weighted by atomic mass is 32.2. The molecule has 0 aromatic heterocycles. The summed E-state index contributed by atoms with van der Waals surface area (Å²) in [6.07, 6.45) is 0.932. The first-order chi connectivity index (χ1) is 13.4. The van der Waals surface area contributed by atoms with Crippen LogP contribution in [0.4, 0.5) is 5.69 Å². The van der Waals surface area contributed by atoms with Crippen molar-refractivity contribution >= 4 is 21.6 Å². The van der Waals surface area contributed by atoms with Crippen molar-refractivity contribution in [2.75, 3.05) is 26.0 Å². The second kappa shape index (κ2) is 9.07. The molecule has 0 bridgehead atoms. The predicted molar refractivity (Wildman–Crippen MR) is 118 cm³/mol. The molecule has 0 aliphatic rings. The smallest absolute Gasteiger partial charge is 0.255 e. The van der Waals surface area contributed by atoms with Crippen LogP contribution in [0.2, 0.25) is 0 Å². The molecule has 0 aliphatic heterocycles. The van der Waals surface area contributed by atoms with Crippen molar-refractivity contribution in [2.45, 2.75) is 44.6 Å². The summed E-state index contributed by atoms with van der Waals surface area (Å²) in [4.78, 5) is 15.0. The van der Waals surface area contributed by atoms with E-state index < -0.39 is 15.6 Å². The van der Waals surface area contributed by atoms with E-state index in [1.807, 2.05) is 38.4 Å². The van der Waals surface area contributed by atoms with Gasteiger partial charge in [0.25, 0.3) is 5.91 Å². The first-order valence-corrected chi connectivity index (χ1v) is 11.1. The van der Waals surface area contributed by atoms with Gasteiger partial charge in [-0.25, -0.2) is 13.1 Å². The van der Waals surface area contributed by atoms with Crippen molar-refractivity contribution in [3.05, 3.63) is 59.2 Å². The van der Waals surface area contributed by atoms with Crippen LogP contribution in [0.1, 0.15) is 42.3 Å². The van der Waals surface area contributed by atoms with Gasteiger partial charge in [0.1, 0.15) is 0 Å². The Labute approximate surface area is 174 Å². The highest BCUT2D eigenvalue weighted by Gasteiger charge is 2.23. The van der Waals surface area contributed by atoms with Gasteiger partial charge < -0.3 is 10.2 Å². The number of carbonyl (C=O) groups is 1. The summed E-state index contributed by atoms with van der Waals surface area (Å²) in [5.41, 5.74) is 2.29. The molecule has 7 heteroatoms. The van der Waals surface area contributed by atoms with E-state index in [1.165, 1.54) is 17.7 Å².